The van der Waals surface area contributed by atoms with Crippen molar-refractivity contribution in [2.45, 2.75) is 0 Å². The molecule has 43 heavy (non-hydrogen) atoms. The molecule has 0 fully saturated rings. The maximum Gasteiger partial charge on any atom is 0.260 e. The van der Waals surface area contributed by atoms with E-state index in [-0.39, 0.29) is 16.4 Å². The Morgan fingerprint density at radius 3 is 1.74 bits per heavy atom. The first-order chi connectivity index (χ1) is 20.7. The van der Waals surface area contributed by atoms with E-state index in [0.717, 1.165) is 14.6 Å². The average molecular weight is 719 g/mol. The van der Waals surface area contributed by atoms with Gasteiger partial charge in [0.2, 0.25) is 11.2 Å². The predicted octanol–water partition coefficient (Wildman–Crippen LogP) is 6.78. The van der Waals surface area contributed by atoms with Gasteiger partial charge in [0, 0.05) is 20.3 Å². The van der Waals surface area contributed by atoms with Gasteiger partial charge in [-0.25, -0.2) is 9.97 Å². The van der Waals surface area contributed by atoms with Crippen molar-refractivity contribution in [3.63, 3.8) is 0 Å². The number of nitrogen functional groups attached to an aromatic ring is 1. The number of H-pyrrole nitrogens is 2. The molecule has 2 aromatic heterocycles. The van der Waals surface area contributed by atoms with Crippen molar-refractivity contribution < 1.29 is 0 Å². The van der Waals surface area contributed by atoms with E-state index in [1.54, 1.807) is 72.8 Å². The van der Waals surface area contributed by atoms with E-state index in [1.807, 2.05) is 18.2 Å². The van der Waals surface area contributed by atoms with E-state index in [2.05, 4.69) is 63.2 Å². The first-order valence-electron chi connectivity index (χ1n) is 12.2. The van der Waals surface area contributed by atoms with Gasteiger partial charge in [0.05, 0.1) is 45.1 Å². The largest absolute Gasteiger partial charge is 0.399 e. The van der Waals surface area contributed by atoms with Crippen molar-refractivity contribution in [1.82, 2.24) is 19.9 Å². The summed E-state index contributed by atoms with van der Waals surface area (Å²) in [7, 11) is 0. The number of anilines is 3. The second-order valence-corrected chi connectivity index (χ2v) is 10.7. The van der Waals surface area contributed by atoms with Crippen LogP contribution >= 0.6 is 43.5 Å². The Labute approximate surface area is 266 Å². The second kappa shape index (κ2) is 14.2. The summed E-state index contributed by atoms with van der Waals surface area (Å²) in [6.45, 7) is 0. The highest BCUT2D eigenvalue weighted by Crippen LogP contribution is 2.22. The third-order valence-electron chi connectivity index (χ3n) is 5.66. The number of fused-ring (bicyclic) bond motifs is 2. The van der Waals surface area contributed by atoms with Crippen LogP contribution in [0, 0.1) is 22.7 Å². The van der Waals surface area contributed by atoms with E-state index in [0.29, 0.717) is 44.6 Å². The number of para-hydroxylation sites is 2. The normalized spacial score (nSPS) is 9.98. The minimum Gasteiger partial charge on any atom is -0.399 e. The van der Waals surface area contributed by atoms with Crippen LogP contribution in [0.3, 0.4) is 0 Å². The van der Waals surface area contributed by atoms with Crippen LogP contribution < -0.4 is 22.2 Å². The Morgan fingerprint density at radius 2 is 1.21 bits per heavy atom. The molecule has 0 unspecified atom stereocenters. The zero-order chi connectivity index (χ0) is 30.9. The van der Waals surface area contributed by atoms with Crippen LogP contribution in [-0.4, -0.2) is 19.9 Å². The minimum atomic E-state index is -0.226. The van der Waals surface area contributed by atoms with Gasteiger partial charge in [-0.2, -0.15) is 10.5 Å². The Bertz CT molecular complexity index is 2120. The molecule has 6 rings (SSSR count). The van der Waals surface area contributed by atoms with Crippen LogP contribution in [0.25, 0.3) is 21.8 Å². The number of hydrogen-bond donors (Lipinski definition) is 4. The smallest absolute Gasteiger partial charge is 0.260 e. The zero-order valence-electron chi connectivity index (χ0n) is 21.9. The molecule has 10 nitrogen and oxygen atoms in total. The summed E-state index contributed by atoms with van der Waals surface area (Å²) in [5.74, 6) is 0.351. The summed E-state index contributed by atoms with van der Waals surface area (Å²) in [6.07, 6.45) is 0. The Balaban J connectivity index is 0.000000163. The number of halogens is 3. The Hall–Kier alpha value is -5.01. The molecular formula is C30H19Br2ClN8O2. The van der Waals surface area contributed by atoms with Crippen molar-refractivity contribution in [1.29, 1.82) is 10.5 Å². The lowest BCUT2D eigenvalue weighted by Crippen LogP contribution is -2.11. The maximum atomic E-state index is 12.0. The number of aromatic amines is 2. The molecule has 0 bridgehead atoms. The highest BCUT2D eigenvalue weighted by Gasteiger charge is 2.07. The fourth-order valence-electron chi connectivity index (χ4n) is 3.61. The van der Waals surface area contributed by atoms with Gasteiger partial charge >= 0.3 is 0 Å². The molecule has 0 aliphatic rings. The molecule has 0 aliphatic heterocycles. The monoisotopic (exact) mass is 716 g/mol. The number of hydrogen-bond acceptors (Lipinski definition) is 8. The molecule has 6 aromatic rings. The van der Waals surface area contributed by atoms with Gasteiger partial charge in [0.1, 0.15) is 0 Å². The molecule has 212 valence electrons. The van der Waals surface area contributed by atoms with Gasteiger partial charge in [-0.3, -0.25) is 19.6 Å². The summed E-state index contributed by atoms with van der Waals surface area (Å²) in [4.78, 5) is 36.9. The van der Waals surface area contributed by atoms with E-state index < -0.39 is 0 Å². The van der Waals surface area contributed by atoms with Crippen LogP contribution in [0.4, 0.5) is 17.3 Å². The summed E-state index contributed by atoms with van der Waals surface area (Å²) in [5, 5.41) is 21.3. The van der Waals surface area contributed by atoms with Gasteiger partial charge in [0.15, 0.2) is 0 Å². The molecule has 0 radical (unpaired) electrons. The van der Waals surface area contributed by atoms with E-state index in [9.17, 15) is 9.59 Å². The quantitative estimate of drug-likeness (QED) is 0.112. The fraction of sp³-hybridized carbons (Fsp3) is 0. The lowest BCUT2D eigenvalue weighted by atomic mass is 10.2. The summed E-state index contributed by atoms with van der Waals surface area (Å²) >= 11 is 12.3. The highest BCUT2D eigenvalue weighted by atomic mass is 79.9. The van der Waals surface area contributed by atoms with Gasteiger partial charge < -0.3 is 11.1 Å². The fourth-order valence-corrected chi connectivity index (χ4v) is 4.69. The number of nitrogens with two attached hydrogens (primary N) is 1. The molecule has 0 spiro atoms. The molecule has 5 N–H and O–H groups in total. The third-order valence-corrected chi connectivity index (χ3v) is 7.12. The number of nitrogens with one attached hydrogen (secondary N) is 3. The first kappa shape index (κ1) is 30.9. The topological polar surface area (TPSA) is 177 Å². The number of benzene rings is 4. The Morgan fingerprint density at radius 1 is 0.721 bits per heavy atom. The van der Waals surface area contributed by atoms with Crippen molar-refractivity contribution >= 4 is 82.6 Å². The Kier molecular flexibility index (Phi) is 10.3. The van der Waals surface area contributed by atoms with E-state index in [1.165, 1.54) is 0 Å². The highest BCUT2D eigenvalue weighted by molar-refractivity contribution is 9.11. The second-order valence-electron chi connectivity index (χ2n) is 8.59. The molecule has 0 aliphatic carbocycles. The summed E-state index contributed by atoms with van der Waals surface area (Å²) in [6, 6.07) is 28.4. The SMILES string of the molecule is N#Cc1ccc(N)cc1.N#Cc1ccc(Nc2nc3c(Br)cccc3c(=O)[nH]2)cc1.O=c1[nH]c(Cl)nc2c(Br)cccc12. The van der Waals surface area contributed by atoms with E-state index in [4.69, 9.17) is 27.9 Å². The third kappa shape index (κ3) is 8.05. The number of nitrogens with zero attached hydrogens (tertiary/aromatic N) is 4. The molecule has 0 atom stereocenters. The standard InChI is InChI=1S/C15H9BrN4O.C8H4BrClN2O.C7H6N2/c16-12-3-1-2-11-13(12)19-15(20-14(11)21)18-10-6-4-9(8-17)5-7-10;9-5-3-1-2-4-6(5)11-8(10)12-7(4)13;8-5-6-1-3-7(9)4-2-6/h1-7H,(H2,18,19,20,21);1-3H,(H,11,12,13);1-4H,9H2. The molecule has 0 saturated carbocycles. The first-order valence-corrected chi connectivity index (χ1v) is 14.2. The maximum absolute atomic E-state index is 12.0. The minimum absolute atomic E-state index is 0.101. The van der Waals surface area contributed by atoms with Crippen molar-refractivity contribution in [3.8, 4) is 12.1 Å². The molecular weight excluding hydrogens is 700 g/mol. The zero-order valence-corrected chi connectivity index (χ0v) is 25.8. The summed E-state index contributed by atoms with van der Waals surface area (Å²) in [5.41, 5.74) is 8.75. The number of aromatic nitrogens is 4. The van der Waals surface area contributed by atoms with Crippen LogP contribution in [0.2, 0.25) is 5.28 Å². The number of nitriles is 2. The number of rotatable bonds is 2. The van der Waals surface area contributed by atoms with Gasteiger partial charge in [-0.15, -0.1) is 0 Å². The van der Waals surface area contributed by atoms with Crippen LogP contribution in [0.15, 0.2) is 103 Å². The van der Waals surface area contributed by atoms with Crippen molar-refractivity contribution in [2.24, 2.45) is 0 Å². The molecule has 0 saturated heterocycles. The lowest BCUT2D eigenvalue weighted by molar-refractivity contribution is 1.17. The van der Waals surface area contributed by atoms with Gasteiger partial charge in [-0.05, 0) is 116 Å². The average Bonchev–Trinajstić information content (AvgIpc) is 3.00. The predicted molar refractivity (Wildman–Crippen MR) is 175 cm³/mol. The van der Waals surface area contributed by atoms with E-state index >= 15 is 0 Å². The van der Waals surface area contributed by atoms with Crippen molar-refractivity contribution in [3.05, 3.63) is 131 Å². The van der Waals surface area contributed by atoms with Crippen LogP contribution in [0.1, 0.15) is 11.1 Å². The summed E-state index contributed by atoms with van der Waals surface area (Å²) < 4.78 is 1.52. The van der Waals surface area contributed by atoms with Crippen molar-refractivity contribution in [2.75, 3.05) is 11.1 Å². The molecule has 13 heteroatoms. The van der Waals surface area contributed by atoms with Crippen LogP contribution in [0.5, 0.6) is 0 Å². The van der Waals surface area contributed by atoms with Crippen LogP contribution in [-0.2, 0) is 0 Å². The van der Waals surface area contributed by atoms with Gasteiger partial charge in [-0.1, -0.05) is 12.1 Å². The molecule has 4 aromatic carbocycles. The molecule has 0 amide bonds. The lowest BCUT2D eigenvalue weighted by Gasteiger charge is -2.07. The van der Waals surface area contributed by atoms with Gasteiger partial charge in [0.25, 0.3) is 11.1 Å². The molecule has 2 heterocycles.